The lowest BCUT2D eigenvalue weighted by atomic mass is 9.86. The maximum Gasteiger partial charge on any atom is 0.0474 e. The van der Waals surface area contributed by atoms with E-state index in [1.54, 1.807) is 0 Å². The molecule has 1 aromatic carbocycles. The lowest BCUT2D eigenvalue weighted by Crippen LogP contribution is -2.35. The first-order valence-electron chi connectivity index (χ1n) is 7.29. The molecule has 0 radical (unpaired) electrons. The second-order valence-corrected chi connectivity index (χ2v) is 6.47. The van der Waals surface area contributed by atoms with Crippen molar-refractivity contribution < 1.29 is 0 Å². The predicted octanol–water partition coefficient (Wildman–Crippen LogP) is 4.23. The first-order valence-corrected chi connectivity index (χ1v) is 7.66. The number of rotatable bonds is 3. The topological polar surface area (TPSA) is 29.3 Å². The van der Waals surface area contributed by atoms with E-state index in [2.05, 4.69) is 36.9 Å². The van der Waals surface area contributed by atoms with Gasteiger partial charge in [0.15, 0.2) is 0 Å². The monoisotopic (exact) mass is 280 g/mol. The van der Waals surface area contributed by atoms with Crippen LogP contribution in [0.15, 0.2) is 18.2 Å². The van der Waals surface area contributed by atoms with E-state index in [4.69, 9.17) is 17.3 Å². The quantitative estimate of drug-likeness (QED) is 0.898. The highest BCUT2D eigenvalue weighted by Gasteiger charge is 2.22. The molecule has 0 spiro atoms. The molecule has 0 aromatic heterocycles. The molecule has 2 rings (SSSR count). The fraction of sp³-hybridized carbons (Fsp3) is 0.625. The molecule has 1 heterocycles. The Bertz CT molecular complexity index is 421. The number of halogens is 1. The number of anilines is 1. The molecule has 1 saturated heterocycles. The maximum absolute atomic E-state index is 6.32. The van der Waals surface area contributed by atoms with E-state index in [0.29, 0.717) is 0 Å². The van der Waals surface area contributed by atoms with E-state index in [1.165, 1.54) is 18.5 Å². The van der Waals surface area contributed by atoms with Gasteiger partial charge in [0.25, 0.3) is 0 Å². The van der Waals surface area contributed by atoms with Crippen molar-refractivity contribution in [3.05, 3.63) is 28.8 Å². The van der Waals surface area contributed by atoms with Crippen LogP contribution in [-0.2, 0) is 0 Å². The van der Waals surface area contributed by atoms with Gasteiger partial charge >= 0.3 is 0 Å². The average Bonchev–Trinajstić information content (AvgIpc) is 2.38. The molecule has 2 nitrogen and oxygen atoms in total. The molecule has 0 amide bonds. The summed E-state index contributed by atoms with van der Waals surface area (Å²) in [5.74, 6) is 1.67. The van der Waals surface area contributed by atoms with E-state index in [0.717, 1.165) is 35.5 Å². The molecule has 1 fully saturated rings. The highest BCUT2D eigenvalue weighted by atomic mass is 35.5. The standard InChI is InChI=1S/C16H25ClN2/c1-11(2)13-6-8-19(9-7-13)14-4-5-15(12(3)18)16(17)10-14/h4-5,10-13H,6-9,18H2,1-3H3. The zero-order chi connectivity index (χ0) is 14.0. The van der Waals surface area contributed by atoms with Gasteiger partial charge in [0.1, 0.15) is 0 Å². The molecule has 1 aromatic rings. The Hall–Kier alpha value is -0.730. The van der Waals surface area contributed by atoms with Gasteiger partial charge < -0.3 is 10.6 Å². The Morgan fingerprint density at radius 2 is 1.84 bits per heavy atom. The number of hydrogen-bond donors (Lipinski definition) is 1. The van der Waals surface area contributed by atoms with Crippen molar-refractivity contribution in [2.24, 2.45) is 17.6 Å². The highest BCUT2D eigenvalue weighted by molar-refractivity contribution is 6.31. The van der Waals surface area contributed by atoms with E-state index >= 15 is 0 Å². The summed E-state index contributed by atoms with van der Waals surface area (Å²) in [6.45, 7) is 8.89. The van der Waals surface area contributed by atoms with Crippen LogP contribution < -0.4 is 10.6 Å². The summed E-state index contributed by atoms with van der Waals surface area (Å²) in [4.78, 5) is 2.44. The van der Waals surface area contributed by atoms with E-state index in [-0.39, 0.29) is 6.04 Å². The molecule has 19 heavy (non-hydrogen) atoms. The van der Waals surface area contributed by atoms with Crippen molar-refractivity contribution in [3.63, 3.8) is 0 Å². The minimum absolute atomic E-state index is 0.00627. The number of piperidine rings is 1. The molecule has 0 bridgehead atoms. The molecule has 0 aliphatic carbocycles. The van der Waals surface area contributed by atoms with Crippen LogP contribution >= 0.6 is 11.6 Å². The molecular weight excluding hydrogens is 256 g/mol. The maximum atomic E-state index is 6.32. The summed E-state index contributed by atoms with van der Waals surface area (Å²) in [7, 11) is 0. The summed E-state index contributed by atoms with van der Waals surface area (Å²) >= 11 is 6.32. The second kappa shape index (κ2) is 6.15. The second-order valence-electron chi connectivity index (χ2n) is 6.06. The average molecular weight is 281 g/mol. The van der Waals surface area contributed by atoms with Gasteiger partial charge in [-0.2, -0.15) is 0 Å². The largest absolute Gasteiger partial charge is 0.371 e. The van der Waals surface area contributed by atoms with Gasteiger partial charge in [-0.25, -0.2) is 0 Å². The normalized spacial score (nSPS) is 18.9. The van der Waals surface area contributed by atoms with Crippen molar-refractivity contribution in [2.75, 3.05) is 18.0 Å². The Balaban J connectivity index is 2.06. The van der Waals surface area contributed by atoms with Crippen molar-refractivity contribution >= 4 is 17.3 Å². The van der Waals surface area contributed by atoms with Crippen molar-refractivity contribution in [3.8, 4) is 0 Å². The fourth-order valence-electron chi connectivity index (χ4n) is 2.91. The Morgan fingerprint density at radius 3 is 2.32 bits per heavy atom. The molecule has 0 saturated carbocycles. The van der Waals surface area contributed by atoms with Crippen LogP contribution in [-0.4, -0.2) is 13.1 Å². The Labute approximate surface area is 121 Å². The van der Waals surface area contributed by atoms with Gasteiger partial charge in [-0.3, -0.25) is 0 Å². The summed E-state index contributed by atoms with van der Waals surface area (Å²) in [5.41, 5.74) is 8.16. The van der Waals surface area contributed by atoms with E-state index in [1.807, 2.05) is 6.92 Å². The lowest BCUT2D eigenvalue weighted by Gasteiger charge is -2.35. The minimum atomic E-state index is -0.00627. The minimum Gasteiger partial charge on any atom is -0.371 e. The lowest BCUT2D eigenvalue weighted by molar-refractivity contribution is 0.311. The molecule has 1 unspecified atom stereocenters. The van der Waals surface area contributed by atoms with Crippen molar-refractivity contribution in [1.29, 1.82) is 0 Å². The molecular formula is C16H25ClN2. The van der Waals surface area contributed by atoms with Crippen LogP contribution in [0.1, 0.15) is 45.2 Å². The number of hydrogen-bond acceptors (Lipinski definition) is 2. The van der Waals surface area contributed by atoms with E-state index < -0.39 is 0 Å². The summed E-state index contributed by atoms with van der Waals surface area (Å²) in [6, 6.07) is 6.28. The van der Waals surface area contributed by atoms with Gasteiger partial charge in [-0.15, -0.1) is 0 Å². The van der Waals surface area contributed by atoms with Crippen molar-refractivity contribution in [1.82, 2.24) is 0 Å². The van der Waals surface area contributed by atoms with Gasteiger partial charge in [0.2, 0.25) is 0 Å². The van der Waals surface area contributed by atoms with Crippen molar-refractivity contribution in [2.45, 2.75) is 39.7 Å². The van der Waals surface area contributed by atoms with Crippen LogP contribution in [0.3, 0.4) is 0 Å². The third-order valence-corrected chi connectivity index (χ3v) is 4.65. The van der Waals surface area contributed by atoms with Crippen LogP contribution in [0.5, 0.6) is 0 Å². The highest BCUT2D eigenvalue weighted by Crippen LogP contribution is 2.31. The predicted molar refractivity (Wildman–Crippen MR) is 83.8 cm³/mol. The van der Waals surface area contributed by atoms with Crippen LogP contribution in [0.2, 0.25) is 5.02 Å². The SMILES string of the molecule is CC(N)c1ccc(N2CCC(C(C)C)CC2)cc1Cl. The molecule has 106 valence electrons. The van der Waals surface area contributed by atoms with Gasteiger partial charge in [-0.05, 0) is 49.3 Å². The first-order chi connectivity index (χ1) is 8.99. The zero-order valence-electron chi connectivity index (χ0n) is 12.2. The van der Waals surface area contributed by atoms with Crippen LogP contribution in [0.25, 0.3) is 0 Å². The molecule has 1 aliphatic heterocycles. The van der Waals surface area contributed by atoms with Crippen LogP contribution in [0, 0.1) is 11.8 Å². The Kier molecular flexibility index (Phi) is 4.75. The number of nitrogens with two attached hydrogens (primary N) is 1. The fourth-order valence-corrected chi connectivity index (χ4v) is 3.25. The molecule has 2 N–H and O–H groups in total. The third-order valence-electron chi connectivity index (χ3n) is 4.32. The van der Waals surface area contributed by atoms with Gasteiger partial charge in [0, 0.05) is 29.8 Å². The first kappa shape index (κ1) is 14.7. The van der Waals surface area contributed by atoms with E-state index in [9.17, 15) is 0 Å². The molecule has 3 heteroatoms. The Morgan fingerprint density at radius 1 is 1.21 bits per heavy atom. The van der Waals surface area contributed by atoms with Gasteiger partial charge in [0.05, 0.1) is 0 Å². The third kappa shape index (κ3) is 3.43. The summed E-state index contributed by atoms with van der Waals surface area (Å²) < 4.78 is 0. The number of nitrogens with zero attached hydrogens (tertiary/aromatic N) is 1. The summed E-state index contributed by atoms with van der Waals surface area (Å²) in [6.07, 6.45) is 2.56. The van der Waals surface area contributed by atoms with Gasteiger partial charge in [-0.1, -0.05) is 31.5 Å². The number of benzene rings is 1. The zero-order valence-corrected chi connectivity index (χ0v) is 13.0. The van der Waals surface area contributed by atoms with Crippen LogP contribution in [0.4, 0.5) is 5.69 Å². The molecule has 1 aliphatic rings. The smallest absolute Gasteiger partial charge is 0.0474 e. The molecule has 1 atom stereocenters. The summed E-state index contributed by atoms with van der Waals surface area (Å²) in [5, 5.41) is 0.790.